The summed E-state index contributed by atoms with van der Waals surface area (Å²) < 4.78 is 13.1. The minimum atomic E-state index is -0.595. The largest absolute Gasteiger partial charge is 0.295 e. The second kappa shape index (κ2) is 2.99. The molecule has 2 heteroatoms. The summed E-state index contributed by atoms with van der Waals surface area (Å²) in [5, 5.41) is 0. The predicted molar refractivity (Wildman–Crippen MR) is 48.0 cm³/mol. The van der Waals surface area contributed by atoms with E-state index in [1.165, 1.54) is 25.7 Å². The van der Waals surface area contributed by atoms with E-state index in [-0.39, 0.29) is 0 Å². The van der Waals surface area contributed by atoms with Crippen molar-refractivity contribution in [3.8, 4) is 0 Å². The van der Waals surface area contributed by atoms with E-state index in [1.807, 2.05) is 6.92 Å². The minimum Gasteiger partial charge on any atom is -0.295 e. The Bertz CT molecular complexity index is 160. The fraction of sp³-hybridized carbons (Fsp3) is 1.00. The van der Waals surface area contributed by atoms with Gasteiger partial charge in [0.2, 0.25) is 0 Å². The molecule has 0 aromatic carbocycles. The van der Waals surface area contributed by atoms with Crippen LogP contribution in [0.3, 0.4) is 0 Å². The van der Waals surface area contributed by atoms with Crippen LogP contribution in [-0.2, 0) is 0 Å². The molecule has 0 bridgehead atoms. The second-order valence-electron chi connectivity index (χ2n) is 4.28. The van der Waals surface area contributed by atoms with Crippen LogP contribution in [0.1, 0.15) is 39.0 Å². The van der Waals surface area contributed by atoms with Crippen LogP contribution in [0.15, 0.2) is 0 Å². The van der Waals surface area contributed by atoms with E-state index in [1.54, 1.807) is 0 Å². The second-order valence-corrected chi connectivity index (χ2v) is 4.28. The Hall–Kier alpha value is -0.110. The molecule has 1 saturated heterocycles. The van der Waals surface area contributed by atoms with E-state index < -0.39 is 6.17 Å². The van der Waals surface area contributed by atoms with Gasteiger partial charge in [0, 0.05) is 18.6 Å². The fourth-order valence-electron chi connectivity index (χ4n) is 2.39. The Morgan fingerprint density at radius 3 is 2.50 bits per heavy atom. The lowest BCUT2D eigenvalue weighted by Gasteiger charge is -2.59. The summed E-state index contributed by atoms with van der Waals surface area (Å²) in [6.07, 6.45) is 5.41. The number of nitrogens with zero attached hydrogens (tertiary/aromatic N) is 1. The highest BCUT2D eigenvalue weighted by Crippen LogP contribution is 2.47. The quantitative estimate of drug-likeness (QED) is 0.630. The van der Waals surface area contributed by atoms with Gasteiger partial charge in [0.25, 0.3) is 0 Å². The van der Waals surface area contributed by atoms with Crippen molar-refractivity contribution in [2.24, 2.45) is 0 Å². The highest BCUT2D eigenvalue weighted by atomic mass is 19.1. The van der Waals surface area contributed by atoms with E-state index in [9.17, 15) is 4.39 Å². The third kappa shape index (κ3) is 1.17. The fourth-order valence-corrected chi connectivity index (χ4v) is 2.39. The normalized spacial score (nSPS) is 29.5. The molecular weight excluding hydrogens is 153 g/mol. The summed E-state index contributed by atoms with van der Waals surface area (Å²) in [7, 11) is 0. The lowest BCUT2D eigenvalue weighted by atomic mass is 9.68. The van der Waals surface area contributed by atoms with Crippen molar-refractivity contribution in [1.82, 2.24) is 4.90 Å². The third-order valence-corrected chi connectivity index (χ3v) is 3.66. The summed E-state index contributed by atoms with van der Waals surface area (Å²) in [6, 6.07) is 0. The monoisotopic (exact) mass is 171 g/mol. The molecule has 2 rings (SSSR count). The molecule has 2 fully saturated rings. The van der Waals surface area contributed by atoms with Crippen molar-refractivity contribution in [2.75, 3.05) is 13.1 Å². The van der Waals surface area contributed by atoms with Crippen LogP contribution in [0.5, 0.6) is 0 Å². The average Bonchev–Trinajstić information content (AvgIpc) is 1.94. The molecule has 1 unspecified atom stereocenters. The first-order chi connectivity index (χ1) is 5.77. The molecule has 1 nitrogen and oxygen atoms in total. The van der Waals surface area contributed by atoms with Crippen molar-refractivity contribution in [1.29, 1.82) is 0 Å². The molecule has 1 aliphatic heterocycles. The van der Waals surface area contributed by atoms with E-state index in [2.05, 4.69) is 4.90 Å². The highest BCUT2D eigenvalue weighted by Gasteiger charge is 2.48. The van der Waals surface area contributed by atoms with Gasteiger partial charge < -0.3 is 0 Å². The molecule has 12 heavy (non-hydrogen) atoms. The maximum Gasteiger partial charge on any atom is 0.112 e. The van der Waals surface area contributed by atoms with Gasteiger partial charge in [-0.1, -0.05) is 6.92 Å². The smallest absolute Gasteiger partial charge is 0.112 e. The Labute approximate surface area is 73.9 Å². The van der Waals surface area contributed by atoms with Gasteiger partial charge >= 0.3 is 0 Å². The van der Waals surface area contributed by atoms with Crippen LogP contribution in [-0.4, -0.2) is 29.7 Å². The molecule has 1 aliphatic carbocycles. The first kappa shape index (κ1) is 8.49. The SMILES string of the molecule is CCC(F)CN1CCC12CCC2. The molecule has 70 valence electrons. The lowest BCUT2D eigenvalue weighted by molar-refractivity contribution is -0.0835. The predicted octanol–water partition coefficient (Wildman–Crippen LogP) is 2.36. The zero-order valence-corrected chi connectivity index (χ0v) is 7.85. The Balaban J connectivity index is 1.81. The van der Waals surface area contributed by atoms with Gasteiger partial charge in [-0.2, -0.15) is 0 Å². The van der Waals surface area contributed by atoms with Gasteiger partial charge in [-0.25, -0.2) is 4.39 Å². The Morgan fingerprint density at radius 1 is 1.42 bits per heavy atom. The highest BCUT2D eigenvalue weighted by molar-refractivity contribution is 5.05. The van der Waals surface area contributed by atoms with Crippen LogP contribution in [0.4, 0.5) is 4.39 Å². The van der Waals surface area contributed by atoms with Crippen molar-refractivity contribution in [2.45, 2.75) is 50.7 Å². The number of hydrogen-bond acceptors (Lipinski definition) is 1. The number of halogens is 1. The molecule has 0 N–H and O–H groups in total. The van der Waals surface area contributed by atoms with Gasteiger partial charge in [0.15, 0.2) is 0 Å². The van der Waals surface area contributed by atoms with E-state index in [4.69, 9.17) is 0 Å². The van der Waals surface area contributed by atoms with Crippen LogP contribution in [0, 0.1) is 0 Å². The first-order valence-electron chi connectivity index (χ1n) is 5.16. The van der Waals surface area contributed by atoms with Crippen LogP contribution in [0.25, 0.3) is 0 Å². The van der Waals surface area contributed by atoms with Crippen molar-refractivity contribution in [3.05, 3.63) is 0 Å². The molecule has 1 atom stereocenters. The van der Waals surface area contributed by atoms with Crippen molar-refractivity contribution in [3.63, 3.8) is 0 Å². The number of likely N-dealkylation sites (tertiary alicyclic amines) is 1. The summed E-state index contributed by atoms with van der Waals surface area (Å²) in [5.41, 5.74) is 0.486. The van der Waals surface area contributed by atoms with Crippen LogP contribution >= 0.6 is 0 Å². The molecule has 1 heterocycles. The first-order valence-corrected chi connectivity index (χ1v) is 5.16. The standard InChI is InChI=1S/C10H18FN/c1-2-9(11)8-12-7-6-10(12)4-3-5-10/h9H,2-8H2,1H3. The van der Waals surface area contributed by atoms with Gasteiger partial charge in [-0.05, 0) is 32.1 Å². The maximum absolute atomic E-state index is 13.1. The summed E-state index contributed by atoms with van der Waals surface area (Å²) >= 11 is 0. The van der Waals surface area contributed by atoms with Crippen molar-refractivity contribution >= 4 is 0 Å². The van der Waals surface area contributed by atoms with Gasteiger partial charge in [0.1, 0.15) is 6.17 Å². The van der Waals surface area contributed by atoms with Crippen LogP contribution < -0.4 is 0 Å². The van der Waals surface area contributed by atoms with Crippen molar-refractivity contribution < 1.29 is 4.39 Å². The molecule has 2 aliphatic rings. The number of alkyl halides is 1. The van der Waals surface area contributed by atoms with E-state index >= 15 is 0 Å². The molecule has 0 amide bonds. The topological polar surface area (TPSA) is 3.24 Å². The molecule has 0 aromatic heterocycles. The zero-order valence-electron chi connectivity index (χ0n) is 7.85. The van der Waals surface area contributed by atoms with Gasteiger partial charge in [-0.3, -0.25) is 4.90 Å². The number of hydrogen-bond donors (Lipinski definition) is 0. The molecular formula is C10H18FN. The summed E-state index contributed by atoms with van der Waals surface area (Å²) in [6.45, 7) is 3.76. The Kier molecular flexibility index (Phi) is 2.11. The minimum absolute atomic E-state index is 0.486. The molecule has 0 radical (unpaired) electrons. The molecule has 1 saturated carbocycles. The van der Waals surface area contributed by atoms with Crippen LogP contribution in [0.2, 0.25) is 0 Å². The average molecular weight is 171 g/mol. The zero-order chi connectivity index (χ0) is 8.60. The lowest BCUT2D eigenvalue weighted by Crippen LogP contribution is -2.64. The summed E-state index contributed by atoms with van der Waals surface area (Å²) in [4.78, 5) is 2.37. The summed E-state index contributed by atoms with van der Waals surface area (Å²) in [5.74, 6) is 0. The van der Waals surface area contributed by atoms with E-state index in [0.29, 0.717) is 18.5 Å². The Morgan fingerprint density at radius 2 is 2.17 bits per heavy atom. The maximum atomic E-state index is 13.1. The van der Waals surface area contributed by atoms with Gasteiger partial charge in [-0.15, -0.1) is 0 Å². The third-order valence-electron chi connectivity index (χ3n) is 3.66. The van der Waals surface area contributed by atoms with Gasteiger partial charge in [0.05, 0.1) is 0 Å². The molecule has 0 aromatic rings. The van der Waals surface area contributed by atoms with E-state index in [0.717, 1.165) is 6.54 Å². The number of rotatable bonds is 3. The molecule has 1 spiro atoms.